The topological polar surface area (TPSA) is 13.1 Å². The Morgan fingerprint density at radius 1 is 0.778 bits per heavy atom. The van der Waals surface area contributed by atoms with Gasteiger partial charge in [0.15, 0.2) is 0 Å². The van der Waals surface area contributed by atoms with E-state index >= 15 is 0 Å². The van der Waals surface area contributed by atoms with Crippen molar-refractivity contribution in [2.45, 2.75) is 0 Å². The Bertz CT molecular complexity index is 889. The molecule has 0 saturated heterocycles. The van der Waals surface area contributed by atoms with Gasteiger partial charge in [0.1, 0.15) is 19.0 Å². The van der Waals surface area contributed by atoms with Crippen LogP contribution in [0, 0.1) is 0 Å². The highest BCUT2D eigenvalue weighted by atomic mass is 16.3. The van der Waals surface area contributed by atoms with Crippen molar-refractivity contribution in [3.05, 3.63) is 54.6 Å². The van der Waals surface area contributed by atoms with Crippen LogP contribution in [0.25, 0.3) is 32.7 Å². The maximum atomic E-state index is 6.05. The molecule has 18 heavy (non-hydrogen) atoms. The first-order valence-electron chi connectivity index (χ1n) is 5.93. The minimum atomic E-state index is 0.765. The fourth-order valence-electron chi connectivity index (χ4n) is 2.58. The van der Waals surface area contributed by atoms with Crippen LogP contribution >= 0.6 is 0 Å². The second-order valence-corrected chi connectivity index (χ2v) is 4.49. The molecule has 0 amide bonds. The van der Waals surface area contributed by atoms with E-state index < -0.39 is 0 Å². The molecule has 1 heterocycles. The molecule has 4 rings (SSSR count). The summed E-state index contributed by atoms with van der Waals surface area (Å²) >= 11 is 0. The van der Waals surface area contributed by atoms with Gasteiger partial charge in [-0.1, -0.05) is 47.9 Å². The standard InChI is InChI=1S/C16H9BO/c17-13-6-3-7-14-15(13)12-9-8-10-4-1-2-5-11(10)16(12)18-14/h1-9H. The number of furan rings is 1. The summed E-state index contributed by atoms with van der Waals surface area (Å²) in [7, 11) is 6.05. The van der Waals surface area contributed by atoms with E-state index in [1.54, 1.807) is 0 Å². The molecule has 0 N–H and O–H groups in total. The van der Waals surface area contributed by atoms with E-state index in [4.69, 9.17) is 12.3 Å². The van der Waals surface area contributed by atoms with Gasteiger partial charge in [0, 0.05) is 16.2 Å². The van der Waals surface area contributed by atoms with Crippen LogP contribution in [-0.4, -0.2) is 7.85 Å². The summed E-state index contributed by atoms with van der Waals surface area (Å²) < 4.78 is 5.97. The lowest BCUT2D eigenvalue weighted by Gasteiger charge is -1.98. The highest BCUT2D eigenvalue weighted by molar-refractivity contribution is 6.41. The Balaban J connectivity index is 2.34. The van der Waals surface area contributed by atoms with Gasteiger partial charge in [-0.25, -0.2) is 0 Å². The minimum absolute atomic E-state index is 0.765. The van der Waals surface area contributed by atoms with Crippen molar-refractivity contribution in [3.63, 3.8) is 0 Å². The van der Waals surface area contributed by atoms with Crippen LogP contribution in [0.1, 0.15) is 0 Å². The summed E-state index contributed by atoms with van der Waals surface area (Å²) in [5, 5.41) is 4.41. The molecule has 0 aliphatic rings. The summed E-state index contributed by atoms with van der Waals surface area (Å²) in [4.78, 5) is 0. The van der Waals surface area contributed by atoms with Gasteiger partial charge in [-0.3, -0.25) is 0 Å². The summed E-state index contributed by atoms with van der Waals surface area (Å²) in [5.74, 6) is 0. The SMILES string of the molecule is [B]c1cccc2oc3c4ccccc4ccc3c12. The Kier molecular flexibility index (Phi) is 1.84. The molecule has 3 aromatic carbocycles. The van der Waals surface area contributed by atoms with Crippen molar-refractivity contribution in [2.24, 2.45) is 0 Å². The zero-order chi connectivity index (χ0) is 12.1. The second-order valence-electron chi connectivity index (χ2n) is 4.49. The predicted octanol–water partition coefficient (Wildman–Crippen LogP) is 3.53. The molecule has 4 aromatic rings. The number of rotatable bonds is 0. The Morgan fingerprint density at radius 2 is 1.67 bits per heavy atom. The van der Waals surface area contributed by atoms with Gasteiger partial charge in [-0.15, -0.1) is 0 Å². The zero-order valence-electron chi connectivity index (χ0n) is 9.68. The fraction of sp³-hybridized carbons (Fsp3) is 0. The van der Waals surface area contributed by atoms with Crippen LogP contribution in [0.5, 0.6) is 0 Å². The third-order valence-corrected chi connectivity index (χ3v) is 3.42. The molecular formula is C16H9BO. The molecule has 0 saturated carbocycles. The Morgan fingerprint density at radius 3 is 2.61 bits per heavy atom. The maximum Gasteiger partial charge on any atom is 0.143 e. The van der Waals surface area contributed by atoms with Crippen molar-refractivity contribution < 1.29 is 4.42 Å². The third kappa shape index (κ3) is 1.18. The first kappa shape index (κ1) is 9.78. The molecule has 82 valence electrons. The number of fused-ring (bicyclic) bond motifs is 5. The molecular weight excluding hydrogens is 219 g/mol. The van der Waals surface area contributed by atoms with E-state index in [9.17, 15) is 0 Å². The monoisotopic (exact) mass is 228 g/mol. The van der Waals surface area contributed by atoms with E-state index in [-0.39, 0.29) is 0 Å². The van der Waals surface area contributed by atoms with E-state index in [1.807, 2.05) is 30.3 Å². The highest BCUT2D eigenvalue weighted by Crippen LogP contribution is 2.32. The number of hydrogen-bond donors (Lipinski definition) is 0. The van der Waals surface area contributed by atoms with Gasteiger partial charge in [0.25, 0.3) is 0 Å². The average molecular weight is 228 g/mol. The second kappa shape index (κ2) is 3.39. The fourth-order valence-corrected chi connectivity index (χ4v) is 2.58. The molecule has 0 aliphatic heterocycles. The highest BCUT2D eigenvalue weighted by Gasteiger charge is 2.10. The van der Waals surface area contributed by atoms with Gasteiger partial charge in [0.05, 0.1) is 0 Å². The van der Waals surface area contributed by atoms with Crippen molar-refractivity contribution in [1.82, 2.24) is 0 Å². The van der Waals surface area contributed by atoms with Gasteiger partial charge < -0.3 is 4.42 Å². The minimum Gasteiger partial charge on any atom is -0.455 e. The number of benzene rings is 3. The van der Waals surface area contributed by atoms with Crippen LogP contribution in [-0.2, 0) is 0 Å². The quantitative estimate of drug-likeness (QED) is 0.419. The molecule has 0 aliphatic carbocycles. The van der Waals surface area contributed by atoms with Gasteiger partial charge in [-0.2, -0.15) is 0 Å². The van der Waals surface area contributed by atoms with E-state index in [0.29, 0.717) is 0 Å². The molecule has 0 unspecified atom stereocenters. The summed E-state index contributed by atoms with van der Waals surface area (Å²) in [6, 6.07) is 18.2. The smallest absolute Gasteiger partial charge is 0.143 e. The van der Waals surface area contributed by atoms with E-state index in [2.05, 4.69) is 24.3 Å². The lowest BCUT2D eigenvalue weighted by molar-refractivity contribution is 0.673. The molecule has 0 bridgehead atoms. The van der Waals surface area contributed by atoms with Crippen molar-refractivity contribution in [1.29, 1.82) is 0 Å². The lowest BCUT2D eigenvalue weighted by Crippen LogP contribution is -2.00. The molecule has 0 atom stereocenters. The first-order chi connectivity index (χ1) is 8.84. The predicted molar refractivity (Wildman–Crippen MR) is 76.6 cm³/mol. The van der Waals surface area contributed by atoms with Crippen LogP contribution in [0.4, 0.5) is 0 Å². The lowest BCUT2D eigenvalue weighted by atomic mass is 9.91. The summed E-state index contributed by atoms with van der Waals surface area (Å²) in [6.45, 7) is 0. The van der Waals surface area contributed by atoms with Crippen LogP contribution in [0.2, 0.25) is 0 Å². The van der Waals surface area contributed by atoms with Crippen molar-refractivity contribution in [2.75, 3.05) is 0 Å². The van der Waals surface area contributed by atoms with E-state index in [1.165, 1.54) is 5.39 Å². The third-order valence-electron chi connectivity index (χ3n) is 3.42. The maximum absolute atomic E-state index is 6.05. The normalized spacial score (nSPS) is 11.6. The molecule has 0 fully saturated rings. The van der Waals surface area contributed by atoms with Crippen molar-refractivity contribution >= 4 is 46.0 Å². The molecule has 1 aromatic heterocycles. The van der Waals surface area contributed by atoms with Gasteiger partial charge >= 0.3 is 0 Å². The zero-order valence-corrected chi connectivity index (χ0v) is 9.68. The van der Waals surface area contributed by atoms with E-state index in [0.717, 1.165) is 32.8 Å². The van der Waals surface area contributed by atoms with Crippen LogP contribution in [0.3, 0.4) is 0 Å². The number of hydrogen-bond acceptors (Lipinski definition) is 1. The molecule has 2 heteroatoms. The Hall–Kier alpha value is -2.22. The average Bonchev–Trinajstić information content (AvgIpc) is 2.79. The van der Waals surface area contributed by atoms with Crippen LogP contribution in [0.15, 0.2) is 59.0 Å². The molecule has 1 nitrogen and oxygen atoms in total. The largest absolute Gasteiger partial charge is 0.455 e. The van der Waals surface area contributed by atoms with Gasteiger partial charge in [0.2, 0.25) is 0 Å². The Labute approximate surface area is 105 Å². The summed E-state index contributed by atoms with van der Waals surface area (Å²) in [6.07, 6.45) is 0. The summed E-state index contributed by atoms with van der Waals surface area (Å²) in [5.41, 5.74) is 2.53. The van der Waals surface area contributed by atoms with Crippen LogP contribution < -0.4 is 5.46 Å². The molecule has 2 radical (unpaired) electrons. The van der Waals surface area contributed by atoms with Crippen molar-refractivity contribution in [3.8, 4) is 0 Å². The first-order valence-corrected chi connectivity index (χ1v) is 5.93. The van der Waals surface area contributed by atoms with Gasteiger partial charge in [-0.05, 0) is 17.5 Å². The molecule has 0 spiro atoms.